The lowest BCUT2D eigenvalue weighted by atomic mass is 9.99. The average Bonchev–Trinajstić information content (AvgIpc) is 2.61. The number of hydrogen-bond donors (Lipinski definition) is 1. The lowest BCUT2D eigenvalue weighted by Gasteiger charge is -2.24. The highest BCUT2D eigenvalue weighted by atomic mass is 16.2. The van der Waals surface area contributed by atoms with E-state index in [2.05, 4.69) is 45.0 Å². The van der Waals surface area contributed by atoms with Gasteiger partial charge in [-0.1, -0.05) is 27.2 Å². The van der Waals surface area contributed by atoms with Crippen molar-refractivity contribution < 1.29 is 4.79 Å². The van der Waals surface area contributed by atoms with Crippen LogP contribution < -0.4 is 5.32 Å². The third kappa shape index (κ3) is 3.42. The van der Waals surface area contributed by atoms with E-state index in [0.29, 0.717) is 5.92 Å². The van der Waals surface area contributed by atoms with Gasteiger partial charge in [-0.15, -0.1) is 0 Å². The Balaban J connectivity index is 2.53. The molecular formula is C13H27N3O. The van der Waals surface area contributed by atoms with Gasteiger partial charge in [-0.2, -0.15) is 0 Å². The topological polar surface area (TPSA) is 35.6 Å². The highest BCUT2D eigenvalue weighted by Crippen LogP contribution is 2.18. The first-order chi connectivity index (χ1) is 8.01. The molecule has 1 rings (SSSR count). The van der Waals surface area contributed by atoms with E-state index in [1.165, 1.54) is 0 Å². The number of nitrogens with one attached hydrogen (secondary N) is 1. The third-order valence-corrected chi connectivity index (χ3v) is 3.91. The Kier molecular flexibility index (Phi) is 5.40. The van der Waals surface area contributed by atoms with Crippen LogP contribution in [0.15, 0.2) is 0 Å². The molecule has 0 saturated carbocycles. The van der Waals surface area contributed by atoms with E-state index >= 15 is 0 Å². The molecule has 1 fully saturated rings. The van der Waals surface area contributed by atoms with Crippen molar-refractivity contribution in [1.29, 1.82) is 0 Å². The summed E-state index contributed by atoms with van der Waals surface area (Å²) in [6.07, 6.45) is 1.21. The van der Waals surface area contributed by atoms with Crippen LogP contribution in [-0.2, 0) is 4.79 Å². The van der Waals surface area contributed by atoms with E-state index in [4.69, 9.17) is 0 Å². The van der Waals surface area contributed by atoms with Crippen LogP contribution in [0.2, 0.25) is 0 Å². The zero-order valence-electron chi connectivity index (χ0n) is 11.9. The number of nitrogens with zero attached hydrogens (tertiary/aromatic N) is 2. The fourth-order valence-corrected chi connectivity index (χ4v) is 2.17. The zero-order valence-corrected chi connectivity index (χ0v) is 11.9. The highest BCUT2D eigenvalue weighted by molar-refractivity contribution is 5.84. The van der Waals surface area contributed by atoms with Crippen LogP contribution >= 0.6 is 0 Å². The lowest BCUT2D eigenvalue weighted by Crippen LogP contribution is -2.40. The number of carbonyl (C=O) groups is 1. The van der Waals surface area contributed by atoms with E-state index in [1.54, 1.807) is 0 Å². The molecule has 0 bridgehead atoms. The maximum absolute atomic E-state index is 12.3. The third-order valence-electron chi connectivity index (χ3n) is 3.91. The van der Waals surface area contributed by atoms with Crippen LogP contribution in [-0.4, -0.2) is 54.6 Å². The van der Waals surface area contributed by atoms with E-state index in [9.17, 15) is 4.79 Å². The molecule has 0 aromatic carbocycles. The van der Waals surface area contributed by atoms with Crippen LogP contribution in [0, 0.1) is 5.92 Å². The van der Waals surface area contributed by atoms with E-state index < -0.39 is 0 Å². The molecule has 3 unspecified atom stereocenters. The molecule has 3 atom stereocenters. The Hall–Kier alpha value is -0.610. The molecule has 1 saturated heterocycles. The number of rotatable bonds is 6. The summed E-state index contributed by atoms with van der Waals surface area (Å²) in [6.45, 7) is 11.3. The van der Waals surface area contributed by atoms with Gasteiger partial charge in [-0.05, 0) is 26.4 Å². The molecule has 100 valence electrons. The SMILES string of the molecule is CCC(C)C1NC(C)N(CCN(C)CC)C1=O. The van der Waals surface area contributed by atoms with Gasteiger partial charge >= 0.3 is 0 Å². The molecular weight excluding hydrogens is 214 g/mol. The summed E-state index contributed by atoms with van der Waals surface area (Å²) in [5.41, 5.74) is 0. The summed E-state index contributed by atoms with van der Waals surface area (Å²) in [4.78, 5) is 16.5. The van der Waals surface area contributed by atoms with Crippen LogP contribution in [0.3, 0.4) is 0 Å². The van der Waals surface area contributed by atoms with Gasteiger partial charge in [-0.25, -0.2) is 0 Å². The van der Waals surface area contributed by atoms with Crippen molar-refractivity contribution in [2.45, 2.75) is 46.3 Å². The molecule has 0 aromatic rings. The maximum atomic E-state index is 12.3. The molecule has 4 heteroatoms. The highest BCUT2D eigenvalue weighted by Gasteiger charge is 2.38. The first-order valence-electron chi connectivity index (χ1n) is 6.76. The van der Waals surface area contributed by atoms with E-state index in [0.717, 1.165) is 26.1 Å². The zero-order chi connectivity index (χ0) is 13.0. The predicted octanol–water partition coefficient (Wildman–Crippen LogP) is 1.13. The van der Waals surface area contributed by atoms with Gasteiger partial charge in [0.05, 0.1) is 12.2 Å². The first-order valence-corrected chi connectivity index (χ1v) is 6.76. The second-order valence-electron chi connectivity index (χ2n) is 5.13. The molecule has 17 heavy (non-hydrogen) atoms. The number of carbonyl (C=O) groups excluding carboxylic acids is 1. The summed E-state index contributed by atoms with van der Waals surface area (Å²) in [7, 11) is 2.09. The summed E-state index contributed by atoms with van der Waals surface area (Å²) in [5.74, 6) is 0.690. The maximum Gasteiger partial charge on any atom is 0.241 e. The molecule has 1 amide bonds. The van der Waals surface area contributed by atoms with Crippen LogP contribution in [0.1, 0.15) is 34.1 Å². The van der Waals surface area contributed by atoms with Gasteiger partial charge in [0.25, 0.3) is 0 Å². The summed E-state index contributed by atoms with van der Waals surface area (Å²) >= 11 is 0. The van der Waals surface area contributed by atoms with Crippen molar-refractivity contribution in [3.8, 4) is 0 Å². The molecule has 1 aliphatic rings. The normalized spacial score (nSPS) is 26.9. The smallest absolute Gasteiger partial charge is 0.241 e. The molecule has 0 spiro atoms. The Morgan fingerprint density at radius 2 is 2.12 bits per heavy atom. The van der Waals surface area contributed by atoms with Gasteiger partial charge in [0.15, 0.2) is 0 Å². The van der Waals surface area contributed by atoms with Crippen molar-refractivity contribution in [1.82, 2.24) is 15.1 Å². The minimum Gasteiger partial charge on any atom is -0.325 e. The monoisotopic (exact) mass is 241 g/mol. The fraction of sp³-hybridized carbons (Fsp3) is 0.923. The summed E-state index contributed by atoms with van der Waals surface area (Å²) in [5, 5.41) is 3.40. The molecule has 0 aromatic heterocycles. The minimum absolute atomic E-state index is 0.0157. The Labute approximate surface area is 105 Å². The van der Waals surface area contributed by atoms with Gasteiger partial charge in [0.2, 0.25) is 5.91 Å². The first kappa shape index (κ1) is 14.5. The van der Waals surface area contributed by atoms with Crippen molar-refractivity contribution in [3.05, 3.63) is 0 Å². The largest absolute Gasteiger partial charge is 0.325 e. The molecule has 4 nitrogen and oxygen atoms in total. The van der Waals surface area contributed by atoms with Crippen LogP contribution in [0.25, 0.3) is 0 Å². The Morgan fingerprint density at radius 1 is 1.47 bits per heavy atom. The number of amides is 1. The average molecular weight is 241 g/mol. The second-order valence-corrected chi connectivity index (χ2v) is 5.13. The molecule has 1 aliphatic heterocycles. The molecule has 0 radical (unpaired) electrons. The predicted molar refractivity (Wildman–Crippen MR) is 70.7 cm³/mol. The van der Waals surface area contributed by atoms with Crippen molar-refractivity contribution in [2.24, 2.45) is 5.92 Å². The van der Waals surface area contributed by atoms with Crippen LogP contribution in [0.5, 0.6) is 0 Å². The van der Waals surface area contributed by atoms with Crippen molar-refractivity contribution in [3.63, 3.8) is 0 Å². The fourth-order valence-electron chi connectivity index (χ4n) is 2.17. The van der Waals surface area contributed by atoms with Crippen molar-refractivity contribution in [2.75, 3.05) is 26.7 Å². The van der Waals surface area contributed by atoms with Crippen LogP contribution in [0.4, 0.5) is 0 Å². The van der Waals surface area contributed by atoms with Gasteiger partial charge in [0, 0.05) is 13.1 Å². The molecule has 1 N–H and O–H groups in total. The second kappa shape index (κ2) is 6.36. The van der Waals surface area contributed by atoms with Crippen molar-refractivity contribution >= 4 is 5.91 Å². The quantitative estimate of drug-likeness (QED) is 0.757. The van der Waals surface area contributed by atoms with Gasteiger partial charge in [0.1, 0.15) is 0 Å². The summed E-state index contributed by atoms with van der Waals surface area (Å²) < 4.78 is 0. The Morgan fingerprint density at radius 3 is 2.65 bits per heavy atom. The summed E-state index contributed by atoms with van der Waals surface area (Å²) in [6, 6.07) is 0.0157. The standard InChI is InChI=1S/C13H27N3O/c1-6-10(3)12-13(17)16(11(4)14-12)9-8-15(5)7-2/h10-12,14H,6-9H2,1-5H3. The number of likely N-dealkylation sites (N-methyl/N-ethyl adjacent to an activating group) is 1. The lowest BCUT2D eigenvalue weighted by molar-refractivity contribution is -0.130. The minimum atomic E-state index is 0.0157. The van der Waals surface area contributed by atoms with E-state index in [-0.39, 0.29) is 18.1 Å². The van der Waals surface area contributed by atoms with Gasteiger partial charge in [-0.3, -0.25) is 10.1 Å². The molecule has 1 heterocycles. The molecule has 0 aliphatic carbocycles. The van der Waals surface area contributed by atoms with E-state index in [1.807, 2.05) is 4.90 Å². The van der Waals surface area contributed by atoms with Gasteiger partial charge < -0.3 is 9.80 Å². The Bertz CT molecular complexity index is 257. The number of hydrogen-bond acceptors (Lipinski definition) is 3.